The summed E-state index contributed by atoms with van der Waals surface area (Å²) in [4.78, 5) is 4.78. The number of nitrogens with zero attached hydrogens (tertiary/aromatic N) is 3. The third-order valence-corrected chi connectivity index (χ3v) is 3.63. The third kappa shape index (κ3) is 5.72. The first-order valence-corrected chi connectivity index (χ1v) is 7.39. The van der Waals surface area contributed by atoms with E-state index in [4.69, 9.17) is 14.7 Å². The molecule has 0 spiro atoms. The quantitative estimate of drug-likeness (QED) is 0.706. The van der Waals surface area contributed by atoms with Crippen LogP contribution in [0.2, 0.25) is 0 Å². The van der Waals surface area contributed by atoms with Gasteiger partial charge in [0.25, 0.3) is 0 Å². The first-order valence-electron chi connectivity index (χ1n) is 7.39. The van der Waals surface area contributed by atoms with Crippen LogP contribution >= 0.6 is 0 Å². The second-order valence-corrected chi connectivity index (χ2v) is 5.24. The largest absolute Gasteiger partial charge is 0.491 e. The van der Waals surface area contributed by atoms with Crippen molar-refractivity contribution in [1.29, 1.82) is 5.26 Å². The Morgan fingerprint density at radius 1 is 1.05 bits per heavy atom. The van der Waals surface area contributed by atoms with E-state index in [1.165, 1.54) is 0 Å². The molecule has 1 saturated heterocycles. The molecule has 1 heterocycles. The van der Waals surface area contributed by atoms with Gasteiger partial charge in [-0.2, -0.15) is 5.26 Å². The molecule has 5 nitrogen and oxygen atoms in total. The van der Waals surface area contributed by atoms with E-state index < -0.39 is 0 Å². The van der Waals surface area contributed by atoms with Crippen molar-refractivity contribution in [1.82, 2.24) is 9.80 Å². The normalized spacial score (nSPS) is 16.6. The van der Waals surface area contributed by atoms with Gasteiger partial charge in [-0.15, -0.1) is 0 Å². The zero-order valence-electron chi connectivity index (χ0n) is 12.6. The monoisotopic (exact) mass is 289 g/mol. The topological polar surface area (TPSA) is 48.7 Å². The lowest BCUT2D eigenvalue weighted by atomic mass is 10.2. The number of rotatable bonds is 7. The highest BCUT2D eigenvalue weighted by molar-refractivity contribution is 5.34. The molecule has 1 aromatic carbocycles. The number of ether oxygens (including phenoxy) is 2. The van der Waals surface area contributed by atoms with Crippen molar-refractivity contribution in [2.24, 2.45) is 0 Å². The van der Waals surface area contributed by atoms with Gasteiger partial charge in [0.05, 0.1) is 24.8 Å². The second-order valence-electron chi connectivity index (χ2n) is 5.24. The fraction of sp³-hybridized carbons (Fsp3) is 0.562. The third-order valence-electron chi connectivity index (χ3n) is 3.63. The molecule has 1 aliphatic rings. The first kappa shape index (κ1) is 15.8. The van der Waals surface area contributed by atoms with Gasteiger partial charge in [-0.3, -0.25) is 4.90 Å². The molecule has 1 aliphatic heterocycles. The van der Waals surface area contributed by atoms with Crippen LogP contribution in [0.3, 0.4) is 0 Å². The molecule has 0 amide bonds. The molecule has 0 bridgehead atoms. The van der Waals surface area contributed by atoms with Crippen LogP contribution in [0.25, 0.3) is 0 Å². The number of likely N-dealkylation sites (N-methyl/N-ethyl adjacent to an activating group) is 1. The molecule has 114 valence electrons. The van der Waals surface area contributed by atoms with Crippen molar-refractivity contribution in [3.8, 4) is 11.8 Å². The minimum absolute atomic E-state index is 0.536. The van der Waals surface area contributed by atoms with E-state index in [0.29, 0.717) is 18.8 Å². The van der Waals surface area contributed by atoms with Crippen LogP contribution in [0.15, 0.2) is 24.3 Å². The Morgan fingerprint density at radius 3 is 2.43 bits per heavy atom. The maximum Gasteiger partial charge on any atom is 0.119 e. The number of hydrogen-bond acceptors (Lipinski definition) is 5. The molecule has 0 unspecified atom stereocenters. The summed E-state index contributed by atoms with van der Waals surface area (Å²) in [6.07, 6.45) is 0. The SMILES string of the molecule is CN1CCN(CCOCCOc2ccc(C#N)cc2)CC1. The van der Waals surface area contributed by atoms with Gasteiger partial charge in [0.15, 0.2) is 0 Å². The van der Waals surface area contributed by atoms with Crippen molar-refractivity contribution in [3.05, 3.63) is 29.8 Å². The van der Waals surface area contributed by atoms with Crippen LogP contribution in [-0.4, -0.2) is 69.4 Å². The van der Waals surface area contributed by atoms with Crippen LogP contribution < -0.4 is 4.74 Å². The van der Waals surface area contributed by atoms with Crippen molar-refractivity contribution in [2.75, 3.05) is 59.6 Å². The predicted octanol–water partition coefficient (Wildman–Crippen LogP) is 1.20. The summed E-state index contributed by atoms with van der Waals surface area (Å²) in [5.74, 6) is 0.775. The average Bonchev–Trinajstić information content (AvgIpc) is 2.53. The van der Waals surface area contributed by atoms with Crippen molar-refractivity contribution >= 4 is 0 Å². The van der Waals surface area contributed by atoms with Gasteiger partial charge in [-0.05, 0) is 31.3 Å². The summed E-state index contributed by atoms with van der Waals surface area (Å²) >= 11 is 0. The Morgan fingerprint density at radius 2 is 1.76 bits per heavy atom. The van der Waals surface area contributed by atoms with E-state index in [0.717, 1.165) is 45.1 Å². The molecule has 0 N–H and O–H groups in total. The molecule has 5 heteroatoms. The van der Waals surface area contributed by atoms with E-state index in [2.05, 4.69) is 22.9 Å². The molecular weight excluding hydrogens is 266 g/mol. The van der Waals surface area contributed by atoms with Crippen molar-refractivity contribution < 1.29 is 9.47 Å². The lowest BCUT2D eigenvalue weighted by Gasteiger charge is -2.32. The molecular formula is C16H23N3O2. The number of hydrogen-bond donors (Lipinski definition) is 0. The maximum atomic E-state index is 8.71. The number of piperazine rings is 1. The molecule has 1 fully saturated rings. The highest BCUT2D eigenvalue weighted by Crippen LogP contribution is 2.11. The molecule has 0 atom stereocenters. The van der Waals surface area contributed by atoms with Gasteiger partial charge in [0, 0.05) is 32.7 Å². The van der Waals surface area contributed by atoms with E-state index in [9.17, 15) is 0 Å². The van der Waals surface area contributed by atoms with Crippen LogP contribution in [0.1, 0.15) is 5.56 Å². The summed E-state index contributed by atoms with van der Waals surface area (Å²) in [7, 11) is 2.16. The van der Waals surface area contributed by atoms with E-state index >= 15 is 0 Å². The Bertz CT molecular complexity index is 448. The van der Waals surface area contributed by atoms with E-state index in [1.54, 1.807) is 12.1 Å². The summed E-state index contributed by atoms with van der Waals surface area (Å²) < 4.78 is 11.2. The Kier molecular flexibility index (Phi) is 6.48. The summed E-state index contributed by atoms with van der Waals surface area (Å²) in [5.41, 5.74) is 0.644. The fourth-order valence-electron chi connectivity index (χ4n) is 2.21. The zero-order chi connectivity index (χ0) is 14.9. The minimum Gasteiger partial charge on any atom is -0.491 e. The second kappa shape index (κ2) is 8.63. The fourth-order valence-corrected chi connectivity index (χ4v) is 2.21. The molecule has 0 saturated carbocycles. The van der Waals surface area contributed by atoms with Gasteiger partial charge >= 0.3 is 0 Å². The molecule has 2 rings (SSSR count). The smallest absolute Gasteiger partial charge is 0.119 e. The van der Waals surface area contributed by atoms with Gasteiger partial charge in [0.1, 0.15) is 12.4 Å². The molecule has 21 heavy (non-hydrogen) atoms. The maximum absolute atomic E-state index is 8.71. The highest BCUT2D eigenvalue weighted by Gasteiger charge is 2.12. The predicted molar refractivity (Wildman–Crippen MR) is 81.4 cm³/mol. The molecule has 0 radical (unpaired) electrons. The standard InChI is InChI=1S/C16H23N3O2/c1-18-6-8-19(9-7-18)10-11-20-12-13-21-16-4-2-15(14-17)3-5-16/h2-5H,6-13H2,1H3. The van der Waals surface area contributed by atoms with Gasteiger partial charge in [-0.25, -0.2) is 0 Å². The van der Waals surface area contributed by atoms with Crippen LogP contribution in [0, 0.1) is 11.3 Å². The van der Waals surface area contributed by atoms with Crippen LogP contribution in [-0.2, 0) is 4.74 Å². The minimum atomic E-state index is 0.536. The number of benzene rings is 1. The Balaban J connectivity index is 1.51. The summed E-state index contributed by atoms with van der Waals surface area (Å²) in [6.45, 7) is 7.40. The lowest BCUT2D eigenvalue weighted by molar-refractivity contribution is 0.0658. The van der Waals surface area contributed by atoms with E-state index in [-0.39, 0.29) is 0 Å². The summed E-state index contributed by atoms with van der Waals surface area (Å²) in [6, 6.07) is 9.21. The molecule has 0 aromatic heterocycles. The van der Waals surface area contributed by atoms with Crippen LogP contribution in [0.5, 0.6) is 5.75 Å². The first-order chi connectivity index (χ1) is 10.3. The lowest BCUT2D eigenvalue weighted by Crippen LogP contribution is -2.45. The highest BCUT2D eigenvalue weighted by atomic mass is 16.5. The number of nitriles is 1. The summed E-state index contributed by atoms with van der Waals surface area (Å²) in [5, 5.41) is 8.71. The van der Waals surface area contributed by atoms with Crippen LogP contribution in [0.4, 0.5) is 0 Å². The van der Waals surface area contributed by atoms with Gasteiger partial charge < -0.3 is 14.4 Å². The Labute approximate surface area is 126 Å². The van der Waals surface area contributed by atoms with Gasteiger partial charge in [-0.1, -0.05) is 0 Å². The molecule has 0 aliphatic carbocycles. The average molecular weight is 289 g/mol. The zero-order valence-corrected chi connectivity index (χ0v) is 12.6. The van der Waals surface area contributed by atoms with Crippen molar-refractivity contribution in [3.63, 3.8) is 0 Å². The van der Waals surface area contributed by atoms with E-state index in [1.807, 2.05) is 12.1 Å². The van der Waals surface area contributed by atoms with Gasteiger partial charge in [0.2, 0.25) is 0 Å². The Hall–Kier alpha value is -1.61. The molecule has 1 aromatic rings. The van der Waals surface area contributed by atoms with Crippen molar-refractivity contribution in [2.45, 2.75) is 0 Å².